The van der Waals surface area contributed by atoms with Crippen molar-refractivity contribution >= 4 is 0 Å². The first kappa shape index (κ1) is 24.0. The molecule has 0 spiro atoms. The van der Waals surface area contributed by atoms with Crippen molar-refractivity contribution in [3.63, 3.8) is 0 Å². The maximum atomic E-state index is 12.3. The molecule has 0 N–H and O–H groups in total. The van der Waals surface area contributed by atoms with Crippen molar-refractivity contribution in [2.24, 2.45) is 0 Å². The van der Waals surface area contributed by atoms with E-state index in [2.05, 4.69) is 15.5 Å². The van der Waals surface area contributed by atoms with Crippen molar-refractivity contribution in [3.8, 4) is 0 Å². The van der Waals surface area contributed by atoms with Gasteiger partial charge >= 0.3 is 12.4 Å². The summed E-state index contributed by atoms with van der Waals surface area (Å²) in [5.74, 6) is -1.96. The summed E-state index contributed by atoms with van der Waals surface area (Å²) in [6.07, 6.45) is -3.69. The number of halogens is 6. The quantitative estimate of drug-likeness (QED) is 0.252. The van der Waals surface area contributed by atoms with Crippen molar-refractivity contribution in [2.45, 2.75) is 71.5 Å². The first-order valence-electron chi connectivity index (χ1n) is 7.93. The second kappa shape index (κ2) is 10.2. The Morgan fingerprint density at radius 3 is 1.68 bits per heavy atom. The van der Waals surface area contributed by atoms with Crippen LogP contribution in [0, 0.1) is 0 Å². The lowest BCUT2D eigenvalue weighted by Crippen LogP contribution is -2.39. The van der Waals surface area contributed by atoms with Crippen LogP contribution in [0.25, 0.3) is 0 Å². The SMILES string of the molecule is CC(C)=CCC/C(C)=C\CCC(C)(OCC(F)(F)F)OCC(F)(F)F. The zero-order valence-electron chi connectivity index (χ0n) is 15.0. The average Bonchev–Trinajstić information content (AvgIpc) is 2.41. The van der Waals surface area contributed by atoms with Gasteiger partial charge in [-0.2, -0.15) is 26.3 Å². The summed E-state index contributed by atoms with van der Waals surface area (Å²) in [4.78, 5) is 0. The number of allylic oxidation sites excluding steroid dienone is 4. The topological polar surface area (TPSA) is 18.5 Å². The molecule has 0 atom stereocenters. The Balaban J connectivity index is 4.67. The molecule has 0 unspecified atom stereocenters. The molecule has 0 saturated heterocycles. The van der Waals surface area contributed by atoms with Gasteiger partial charge in [-0.1, -0.05) is 23.3 Å². The van der Waals surface area contributed by atoms with E-state index >= 15 is 0 Å². The van der Waals surface area contributed by atoms with Crippen molar-refractivity contribution in [1.29, 1.82) is 0 Å². The van der Waals surface area contributed by atoms with E-state index in [9.17, 15) is 26.3 Å². The molecular weight excluding hydrogens is 350 g/mol. The highest BCUT2D eigenvalue weighted by atomic mass is 19.4. The van der Waals surface area contributed by atoms with E-state index in [1.54, 1.807) is 6.08 Å². The minimum atomic E-state index is -4.64. The van der Waals surface area contributed by atoms with E-state index in [0.717, 1.165) is 25.3 Å². The predicted molar refractivity (Wildman–Crippen MR) is 84.1 cm³/mol. The van der Waals surface area contributed by atoms with E-state index in [0.29, 0.717) is 0 Å². The fraction of sp³-hybridized carbons (Fsp3) is 0.765. The van der Waals surface area contributed by atoms with Gasteiger partial charge in [0, 0.05) is 6.42 Å². The molecular formula is C17H26F6O2. The molecule has 0 aromatic heterocycles. The molecule has 0 aromatic rings. The minimum Gasteiger partial charge on any atom is -0.341 e. The third-order valence-corrected chi connectivity index (χ3v) is 3.26. The highest BCUT2D eigenvalue weighted by Crippen LogP contribution is 2.27. The largest absolute Gasteiger partial charge is 0.411 e. The van der Waals surface area contributed by atoms with Gasteiger partial charge in [0.1, 0.15) is 13.2 Å². The molecule has 148 valence electrons. The van der Waals surface area contributed by atoms with Gasteiger partial charge in [0.25, 0.3) is 0 Å². The smallest absolute Gasteiger partial charge is 0.341 e. The van der Waals surface area contributed by atoms with Crippen LogP contribution in [0.5, 0.6) is 0 Å². The van der Waals surface area contributed by atoms with Crippen molar-refractivity contribution in [3.05, 3.63) is 23.3 Å². The molecule has 0 bridgehead atoms. The first-order chi connectivity index (χ1) is 11.2. The van der Waals surface area contributed by atoms with Gasteiger partial charge in [-0.05, 0) is 47.0 Å². The van der Waals surface area contributed by atoms with E-state index < -0.39 is 31.4 Å². The summed E-state index contributed by atoms with van der Waals surface area (Å²) in [5.41, 5.74) is 2.19. The van der Waals surface area contributed by atoms with Crippen LogP contribution >= 0.6 is 0 Å². The highest BCUT2D eigenvalue weighted by molar-refractivity contribution is 5.02. The van der Waals surface area contributed by atoms with Crippen LogP contribution in [-0.4, -0.2) is 31.4 Å². The standard InChI is InChI=1S/C17H26F6O2/c1-13(2)7-5-8-14(3)9-6-10-15(4,24-11-16(18,19)20)25-12-17(21,22)23/h7,9H,5-6,8,10-12H2,1-4H3/b14-9-. The first-order valence-corrected chi connectivity index (χ1v) is 7.93. The summed E-state index contributed by atoms with van der Waals surface area (Å²) < 4.78 is 83.0. The molecule has 0 aliphatic heterocycles. The Morgan fingerprint density at radius 1 is 0.800 bits per heavy atom. The van der Waals surface area contributed by atoms with Crippen LogP contribution in [0.15, 0.2) is 23.3 Å². The van der Waals surface area contributed by atoms with Gasteiger partial charge in [0.05, 0.1) is 0 Å². The maximum Gasteiger partial charge on any atom is 0.411 e. The molecule has 0 amide bonds. The molecule has 0 saturated carbocycles. The number of ether oxygens (including phenoxy) is 2. The fourth-order valence-electron chi connectivity index (χ4n) is 1.93. The Kier molecular flexibility index (Phi) is 9.79. The van der Waals surface area contributed by atoms with Crippen molar-refractivity contribution < 1.29 is 35.8 Å². The molecule has 0 aliphatic carbocycles. The Bertz CT molecular complexity index is 427. The van der Waals surface area contributed by atoms with Gasteiger partial charge in [-0.25, -0.2) is 0 Å². The van der Waals surface area contributed by atoms with Crippen LogP contribution in [0.2, 0.25) is 0 Å². The Hall–Kier alpha value is -1.02. The van der Waals surface area contributed by atoms with Crippen LogP contribution < -0.4 is 0 Å². The molecule has 0 fully saturated rings. The predicted octanol–water partition coefficient (Wildman–Crippen LogP) is 6.33. The molecule has 0 rings (SSSR count). The fourth-order valence-corrected chi connectivity index (χ4v) is 1.93. The van der Waals surface area contributed by atoms with Gasteiger partial charge < -0.3 is 9.47 Å². The van der Waals surface area contributed by atoms with Crippen LogP contribution in [0.1, 0.15) is 53.4 Å². The monoisotopic (exact) mass is 376 g/mol. The van der Waals surface area contributed by atoms with Crippen molar-refractivity contribution in [1.82, 2.24) is 0 Å². The van der Waals surface area contributed by atoms with Crippen LogP contribution in [0.4, 0.5) is 26.3 Å². The zero-order valence-corrected chi connectivity index (χ0v) is 15.0. The summed E-state index contributed by atoms with van der Waals surface area (Å²) in [6, 6.07) is 0. The summed E-state index contributed by atoms with van der Waals surface area (Å²) in [5, 5.41) is 0. The summed E-state index contributed by atoms with van der Waals surface area (Å²) >= 11 is 0. The summed E-state index contributed by atoms with van der Waals surface area (Å²) in [6.45, 7) is 3.58. The lowest BCUT2D eigenvalue weighted by Gasteiger charge is -2.30. The third-order valence-electron chi connectivity index (χ3n) is 3.26. The Labute approximate surface area is 144 Å². The number of hydrogen-bond acceptors (Lipinski definition) is 2. The van der Waals surface area contributed by atoms with E-state index in [1.165, 1.54) is 5.57 Å². The van der Waals surface area contributed by atoms with Crippen molar-refractivity contribution in [2.75, 3.05) is 13.2 Å². The highest BCUT2D eigenvalue weighted by Gasteiger charge is 2.38. The molecule has 8 heteroatoms. The van der Waals surface area contributed by atoms with Crippen LogP contribution in [-0.2, 0) is 9.47 Å². The second-order valence-corrected chi connectivity index (χ2v) is 6.35. The molecule has 0 heterocycles. The maximum absolute atomic E-state index is 12.3. The number of rotatable bonds is 10. The zero-order chi connectivity index (χ0) is 19.7. The lowest BCUT2D eigenvalue weighted by atomic mass is 10.1. The van der Waals surface area contributed by atoms with E-state index in [-0.39, 0.29) is 12.8 Å². The van der Waals surface area contributed by atoms with Crippen LogP contribution in [0.3, 0.4) is 0 Å². The molecule has 0 radical (unpaired) electrons. The molecule has 0 aromatic carbocycles. The van der Waals surface area contributed by atoms with Gasteiger partial charge in [-0.3, -0.25) is 0 Å². The molecule has 25 heavy (non-hydrogen) atoms. The normalized spacial score (nSPS) is 13.9. The number of alkyl halides is 6. The van der Waals surface area contributed by atoms with Gasteiger partial charge in [-0.15, -0.1) is 0 Å². The van der Waals surface area contributed by atoms with E-state index in [4.69, 9.17) is 0 Å². The van der Waals surface area contributed by atoms with E-state index in [1.807, 2.05) is 20.8 Å². The Morgan fingerprint density at radius 2 is 1.28 bits per heavy atom. The van der Waals surface area contributed by atoms with Gasteiger partial charge in [0.2, 0.25) is 0 Å². The molecule has 2 nitrogen and oxygen atoms in total. The minimum absolute atomic E-state index is 0.112. The summed E-state index contributed by atoms with van der Waals surface area (Å²) in [7, 11) is 0. The van der Waals surface area contributed by atoms with Gasteiger partial charge in [0.15, 0.2) is 5.79 Å². The molecule has 0 aliphatic rings. The lowest BCUT2D eigenvalue weighted by molar-refractivity contribution is -0.305. The number of hydrogen-bond donors (Lipinski definition) is 0. The third kappa shape index (κ3) is 15.0. The second-order valence-electron chi connectivity index (χ2n) is 6.35. The average molecular weight is 376 g/mol.